The molecule has 2 fully saturated rings. The Kier molecular flexibility index (Phi) is 9.74. The fourth-order valence-electron chi connectivity index (χ4n) is 5.92. The third-order valence-electron chi connectivity index (χ3n) is 8.32. The van der Waals surface area contributed by atoms with Crippen molar-refractivity contribution in [3.63, 3.8) is 0 Å². The molecule has 41 heavy (non-hydrogen) atoms. The van der Waals surface area contributed by atoms with E-state index in [4.69, 9.17) is 4.74 Å². The van der Waals surface area contributed by atoms with Crippen LogP contribution in [0.1, 0.15) is 70.3 Å². The van der Waals surface area contributed by atoms with E-state index in [9.17, 15) is 35.1 Å². The van der Waals surface area contributed by atoms with Crippen molar-refractivity contribution < 1.29 is 49.3 Å². The highest BCUT2D eigenvalue weighted by molar-refractivity contribution is 5.35. The van der Waals surface area contributed by atoms with Crippen LogP contribution in [0.4, 0.5) is 35.1 Å². The molecule has 0 heterocycles. The zero-order chi connectivity index (χ0) is 29.8. The average molecular weight is 593 g/mol. The van der Waals surface area contributed by atoms with Gasteiger partial charge in [-0.3, -0.25) is 0 Å². The Morgan fingerprint density at radius 1 is 0.756 bits per heavy atom. The van der Waals surface area contributed by atoms with Crippen molar-refractivity contribution in [3.05, 3.63) is 65.9 Å². The summed E-state index contributed by atoms with van der Waals surface area (Å²) in [5.41, 5.74) is -0.735. The zero-order valence-corrected chi connectivity index (χ0v) is 22.5. The van der Waals surface area contributed by atoms with E-state index in [1.54, 1.807) is 0 Å². The molecule has 0 spiro atoms. The van der Waals surface area contributed by atoms with Crippen LogP contribution in [-0.2, 0) is 6.11 Å². The van der Waals surface area contributed by atoms with E-state index in [1.165, 1.54) is 19.3 Å². The van der Waals surface area contributed by atoms with Gasteiger partial charge in [-0.1, -0.05) is 26.2 Å². The Hall–Kier alpha value is -2.98. The lowest BCUT2D eigenvalue weighted by Crippen LogP contribution is -2.38. The molecule has 2 saturated carbocycles. The first-order valence-electron chi connectivity index (χ1n) is 13.8. The minimum atomic E-state index is -4.03. The van der Waals surface area contributed by atoms with Crippen LogP contribution in [-0.4, -0.2) is 6.11 Å². The van der Waals surface area contributed by atoms with Gasteiger partial charge >= 0.3 is 24.3 Å². The van der Waals surface area contributed by atoms with Gasteiger partial charge in [0.25, 0.3) is 0 Å². The van der Waals surface area contributed by atoms with Crippen molar-refractivity contribution in [1.29, 1.82) is 0 Å². The molecule has 0 aromatic heterocycles. The number of alkyl halides is 4. The van der Waals surface area contributed by atoms with Crippen LogP contribution in [0.5, 0.6) is 17.2 Å². The van der Waals surface area contributed by atoms with Gasteiger partial charge in [-0.25, -0.2) is 4.39 Å². The average Bonchev–Trinajstić information content (AvgIpc) is 2.94. The fraction of sp³-hybridized carbons (Fsp3) is 0.533. The summed E-state index contributed by atoms with van der Waals surface area (Å²) in [6, 6.07) is 3.07. The Morgan fingerprint density at radius 2 is 1.32 bits per heavy atom. The van der Waals surface area contributed by atoms with Gasteiger partial charge in [0.15, 0.2) is 11.6 Å². The molecule has 11 heteroatoms. The second-order valence-electron chi connectivity index (χ2n) is 10.8. The molecule has 0 amide bonds. The van der Waals surface area contributed by atoms with E-state index >= 15 is 0 Å². The monoisotopic (exact) mass is 592 g/mol. The summed E-state index contributed by atoms with van der Waals surface area (Å²) >= 11 is 0. The summed E-state index contributed by atoms with van der Waals surface area (Å²) in [4.78, 5) is 0. The van der Waals surface area contributed by atoms with E-state index in [2.05, 4.69) is 16.4 Å². The minimum absolute atomic E-state index is 0.294. The number of benzene rings is 2. The van der Waals surface area contributed by atoms with Gasteiger partial charge in [0.1, 0.15) is 11.5 Å². The number of rotatable bonds is 10. The maximum Gasteiger partial charge on any atom is 0.426 e. The lowest BCUT2D eigenvalue weighted by molar-refractivity contribution is -0.224. The lowest BCUT2D eigenvalue weighted by atomic mass is 9.69. The summed E-state index contributed by atoms with van der Waals surface area (Å²) in [6.07, 6.45) is -2.27. The third-order valence-corrected chi connectivity index (χ3v) is 8.32. The van der Waals surface area contributed by atoms with Gasteiger partial charge in [0, 0.05) is 6.07 Å². The largest absolute Gasteiger partial charge is 0.432 e. The van der Waals surface area contributed by atoms with Gasteiger partial charge < -0.3 is 14.2 Å². The SMILES string of the molecule is CCC1CCC(C2CCC(C(F)(F)Oc3ccc(C(F)(F)Oc4ccc(OC(F)=C(F)F)c(F)c4)cc3)CC2)CC1. The number of hydrogen-bond acceptors (Lipinski definition) is 3. The van der Waals surface area contributed by atoms with E-state index in [1.807, 2.05) is 0 Å². The molecule has 0 bridgehead atoms. The first-order chi connectivity index (χ1) is 19.4. The summed E-state index contributed by atoms with van der Waals surface area (Å²) in [5.74, 6) is -2.56. The lowest BCUT2D eigenvalue weighted by Gasteiger charge is -2.39. The van der Waals surface area contributed by atoms with Crippen molar-refractivity contribution in [2.45, 2.75) is 76.9 Å². The van der Waals surface area contributed by atoms with E-state index in [-0.39, 0.29) is 5.75 Å². The molecular formula is C30H32F8O3. The molecule has 2 aromatic rings. The molecule has 0 saturated heterocycles. The molecule has 0 radical (unpaired) electrons. The van der Waals surface area contributed by atoms with Crippen LogP contribution in [0.2, 0.25) is 0 Å². The Morgan fingerprint density at radius 3 is 1.85 bits per heavy atom. The quantitative estimate of drug-likeness (QED) is 0.203. The van der Waals surface area contributed by atoms with Gasteiger partial charge in [-0.15, -0.1) is 0 Å². The van der Waals surface area contributed by atoms with Gasteiger partial charge in [0.05, 0.1) is 11.5 Å². The summed E-state index contributed by atoms with van der Waals surface area (Å²) in [6.45, 7) is 2.21. The van der Waals surface area contributed by atoms with Crippen LogP contribution in [0.3, 0.4) is 0 Å². The van der Waals surface area contributed by atoms with Crippen LogP contribution in [0, 0.1) is 29.5 Å². The van der Waals surface area contributed by atoms with Gasteiger partial charge in [-0.2, -0.15) is 30.7 Å². The molecule has 0 unspecified atom stereocenters. The second-order valence-corrected chi connectivity index (χ2v) is 10.8. The highest BCUT2D eigenvalue weighted by Gasteiger charge is 2.45. The van der Waals surface area contributed by atoms with Crippen molar-refractivity contribution in [2.24, 2.45) is 23.7 Å². The van der Waals surface area contributed by atoms with E-state index < -0.39 is 53.1 Å². The molecule has 3 nitrogen and oxygen atoms in total. The molecule has 226 valence electrons. The predicted molar refractivity (Wildman–Crippen MR) is 135 cm³/mol. The van der Waals surface area contributed by atoms with Crippen molar-refractivity contribution in [3.8, 4) is 17.2 Å². The predicted octanol–water partition coefficient (Wildman–Crippen LogP) is 10.4. The molecule has 2 aliphatic carbocycles. The van der Waals surface area contributed by atoms with Crippen LogP contribution < -0.4 is 14.2 Å². The van der Waals surface area contributed by atoms with Crippen molar-refractivity contribution in [2.75, 3.05) is 0 Å². The first kappa shape index (κ1) is 31.0. The smallest absolute Gasteiger partial charge is 0.426 e. The van der Waals surface area contributed by atoms with E-state index in [0.29, 0.717) is 36.8 Å². The second kappa shape index (κ2) is 12.9. The zero-order valence-electron chi connectivity index (χ0n) is 22.5. The Balaban J connectivity index is 1.32. The molecule has 0 atom stereocenters. The molecule has 4 rings (SSSR count). The number of hydrogen-bond donors (Lipinski definition) is 0. The number of ether oxygens (including phenoxy) is 3. The summed E-state index contributed by atoms with van der Waals surface area (Å²) in [7, 11) is 0. The highest BCUT2D eigenvalue weighted by Crippen LogP contribution is 2.46. The van der Waals surface area contributed by atoms with Crippen molar-refractivity contribution in [1.82, 2.24) is 0 Å². The van der Waals surface area contributed by atoms with Crippen LogP contribution in [0.15, 0.2) is 54.6 Å². The summed E-state index contributed by atoms with van der Waals surface area (Å²) in [5, 5.41) is 0. The third kappa shape index (κ3) is 7.86. The standard InChI is InChI=1S/C30H32F8O3/c1-2-18-3-5-19(6-4-18)20-7-9-21(10-8-20)29(35,36)40-23-13-11-22(12-14-23)30(37,38)41-24-15-16-26(25(31)17-24)39-28(34)27(32)33/h11-21H,2-10H2,1H3. The maximum atomic E-state index is 15.0. The minimum Gasteiger partial charge on any atom is -0.432 e. The Bertz CT molecular complexity index is 1180. The van der Waals surface area contributed by atoms with E-state index in [0.717, 1.165) is 61.9 Å². The molecular weight excluding hydrogens is 560 g/mol. The molecule has 2 aromatic carbocycles. The topological polar surface area (TPSA) is 27.7 Å². The van der Waals surface area contributed by atoms with Crippen LogP contribution in [0.25, 0.3) is 0 Å². The first-order valence-corrected chi connectivity index (χ1v) is 13.8. The summed E-state index contributed by atoms with van der Waals surface area (Å²) < 4.78 is 124. The molecule has 0 aliphatic heterocycles. The molecule has 2 aliphatic rings. The van der Waals surface area contributed by atoms with Crippen molar-refractivity contribution >= 4 is 0 Å². The molecule has 0 N–H and O–H groups in total. The van der Waals surface area contributed by atoms with Gasteiger partial charge in [0.2, 0.25) is 0 Å². The van der Waals surface area contributed by atoms with Gasteiger partial charge in [-0.05, 0) is 92.7 Å². The number of halogens is 8. The maximum absolute atomic E-state index is 15.0. The van der Waals surface area contributed by atoms with Crippen LogP contribution >= 0.6 is 0 Å². The fourth-order valence-corrected chi connectivity index (χ4v) is 5.92. The Labute approximate surface area is 233 Å². The highest BCUT2D eigenvalue weighted by atomic mass is 19.3. The normalized spacial score (nSPS) is 23.5.